The average Bonchev–Trinajstić information content (AvgIpc) is 2.97. The van der Waals surface area contributed by atoms with E-state index in [0.29, 0.717) is 29.2 Å². The number of hydrogen-bond acceptors (Lipinski definition) is 7. The van der Waals surface area contributed by atoms with Crippen molar-refractivity contribution in [1.29, 1.82) is 5.26 Å². The van der Waals surface area contributed by atoms with Crippen molar-refractivity contribution in [2.45, 2.75) is 6.61 Å². The molecule has 0 unspecified atom stereocenters. The van der Waals surface area contributed by atoms with Crippen LogP contribution in [0.15, 0.2) is 91.0 Å². The molecule has 0 fully saturated rings. The number of nitriles is 1. The molecule has 0 aliphatic heterocycles. The molecule has 8 nitrogen and oxygen atoms in total. The smallest absolute Gasteiger partial charge is 0.336 e. The van der Waals surface area contributed by atoms with Crippen molar-refractivity contribution in [3.8, 4) is 29.1 Å². The number of esters is 1. The molecule has 0 radical (unpaired) electrons. The van der Waals surface area contributed by atoms with Gasteiger partial charge in [0.1, 0.15) is 18.2 Å². The lowest BCUT2D eigenvalue weighted by molar-refractivity contribution is -0.129. The summed E-state index contributed by atoms with van der Waals surface area (Å²) >= 11 is 0. The molecule has 0 saturated carbocycles. The Balaban J connectivity index is 1.67. The average molecular weight is 525 g/mol. The van der Waals surface area contributed by atoms with Gasteiger partial charge in [0.2, 0.25) is 0 Å². The van der Waals surface area contributed by atoms with Crippen LogP contribution in [0.1, 0.15) is 16.7 Å². The van der Waals surface area contributed by atoms with Gasteiger partial charge in [0.15, 0.2) is 23.0 Å². The van der Waals surface area contributed by atoms with Crippen LogP contribution in [0.5, 0.6) is 23.0 Å². The summed E-state index contributed by atoms with van der Waals surface area (Å²) in [6, 6.07) is 21.7. The van der Waals surface area contributed by atoms with Gasteiger partial charge in [0, 0.05) is 12.6 Å². The van der Waals surface area contributed by atoms with Gasteiger partial charge in [0.25, 0.3) is 5.91 Å². The molecule has 3 aromatic rings. The zero-order valence-corrected chi connectivity index (χ0v) is 21.7. The second-order valence-corrected chi connectivity index (χ2v) is 8.02. The lowest BCUT2D eigenvalue weighted by atomic mass is 10.1. The van der Waals surface area contributed by atoms with Crippen LogP contribution in [0.4, 0.5) is 0 Å². The molecule has 8 heteroatoms. The van der Waals surface area contributed by atoms with E-state index in [1.54, 1.807) is 43.5 Å². The molecule has 0 spiro atoms. The Labute approximate surface area is 227 Å². The number of hydrogen-bond donors (Lipinski definition) is 1. The highest BCUT2D eigenvalue weighted by Gasteiger charge is 2.12. The van der Waals surface area contributed by atoms with Crippen molar-refractivity contribution in [2.75, 3.05) is 20.8 Å². The number of carbonyl (C=O) groups excluding carboxylic acids is 2. The summed E-state index contributed by atoms with van der Waals surface area (Å²) in [5.41, 5.74) is 2.18. The summed E-state index contributed by atoms with van der Waals surface area (Å²) in [7, 11) is 2.97. The van der Waals surface area contributed by atoms with Gasteiger partial charge in [0.05, 0.1) is 14.2 Å². The maximum Gasteiger partial charge on any atom is 0.336 e. The Morgan fingerprint density at radius 2 is 1.59 bits per heavy atom. The molecule has 0 aromatic heterocycles. The number of amides is 1. The zero-order valence-electron chi connectivity index (χ0n) is 21.7. The van der Waals surface area contributed by atoms with Crippen LogP contribution in [0.2, 0.25) is 0 Å². The monoisotopic (exact) mass is 524 g/mol. The van der Waals surface area contributed by atoms with Gasteiger partial charge >= 0.3 is 5.97 Å². The van der Waals surface area contributed by atoms with Gasteiger partial charge in [-0.1, -0.05) is 48.5 Å². The number of rotatable bonds is 12. The first kappa shape index (κ1) is 28.3. The van der Waals surface area contributed by atoms with Crippen molar-refractivity contribution >= 4 is 24.0 Å². The van der Waals surface area contributed by atoms with Crippen LogP contribution in [-0.4, -0.2) is 32.6 Å². The third kappa shape index (κ3) is 8.37. The van der Waals surface area contributed by atoms with Crippen LogP contribution in [0, 0.1) is 11.3 Å². The summed E-state index contributed by atoms with van der Waals surface area (Å²) in [5, 5.41) is 11.9. The van der Waals surface area contributed by atoms with Crippen molar-refractivity contribution in [2.24, 2.45) is 0 Å². The topological polar surface area (TPSA) is 107 Å². The molecule has 0 aliphatic carbocycles. The summed E-state index contributed by atoms with van der Waals surface area (Å²) in [4.78, 5) is 24.6. The van der Waals surface area contributed by atoms with E-state index in [9.17, 15) is 14.9 Å². The largest absolute Gasteiger partial charge is 0.493 e. The van der Waals surface area contributed by atoms with E-state index in [2.05, 4.69) is 11.9 Å². The van der Waals surface area contributed by atoms with Crippen LogP contribution in [-0.2, 0) is 16.2 Å². The quantitative estimate of drug-likeness (QED) is 0.115. The molecule has 0 atom stereocenters. The predicted octanol–water partition coefficient (Wildman–Crippen LogP) is 5.11. The van der Waals surface area contributed by atoms with Crippen molar-refractivity contribution in [1.82, 2.24) is 5.32 Å². The predicted molar refractivity (Wildman–Crippen MR) is 148 cm³/mol. The van der Waals surface area contributed by atoms with Gasteiger partial charge in [-0.3, -0.25) is 4.79 Å². The van der Waals surface area contributed by atoms with E-state index in [1.165, 1.54) is 31.4 Å². The van der Waals surface area contributed by atoms with Crippen LogP contribution < -0.4 is 24.3 Å². The van der Waals surface area contributed by atoms with E-state index in [1.807, 2.05) is 36.4 Å². The fraction of sp³-hybridized carbons (Fsp3) is 0.129. The standard InChI is InChI=1S/C31H28N2O6/c1-4-16-33-31(35)25(20-32)17-24-11-14-27(29(19-24)37-3)39-30(34)15-12-22-10-13-26(28(18-22)36-2)38-21-23-8-6-5-7-9-23/h4-15,17-19H,1,16,21H2,2-3H3,(H,33,35)/b15-12+,25-17+. The van der Waals surface area contributed by atoms with Crippen LogP contribution >= 0.6 is 0 Å². The Morgan fingerprint density at radius 1 is 0.923 bits per heavy atom. The molecule has 39 heavy (non-hydrogen) atoms. The number of nitrogens with zero attached hydrogens (tertiary/aromatic N) is 1. The zero-order chi connectivity index (χ0) is 28.0. The third-order valence-electron chi connectivity index (χ3n) is 5.32. The van der Waals surface area contributed by atoms with E-state index >= 15 is 0 Å². The van der Waals surface area contributed by atoms with Gasteiger partial charge in [-0.25, -0.2) is 4.79 Å². The minimum absolute atomic E-state index is 0.0847. The van der Waals surface area contributed by atoms with Gasteiger partial charge in [-0.2, -0.15) is 5.26 Å². The van der Waals surface area contributed by atoms with E-state index in [-0.39, 0.29) is 23.6 Å². The lowest BCUT2D eigenvalue weighted by Gasteiger charge is -2.11. The van der Waals surface area contributed by atoms with Gasteiger partial charge in [-0.15, -0.1) is 6.58 Å². The van der Waals surface area contributed by atoms with Gasteiger partial charge < -0.3 is 24.3 Å². The molecule has 1 N–H and O–H groups in total. The maximum atomic E-state index is 12.5. The first-order chi connectivity index (χ1) is 19.0. The number of carbonyl (C=O) groups is 2. The van der Waals surface area contributed by atoms with E-state index in [4.69, 9.17) is 18.9 Å². The Hall–Kier alpha value is -5.29. The minimum Gasteiger partial charge on any atom is -0.493 e. The van der Waals surface area contributed by atoms with Crippen LogP contribution in [0.3, 0.4) is 0 Å². The molecule has 0 aliphatic rings. The van der Waals surface area contributed by atoms with E-state index < -0.39 is 11.9 Å². The van der Waals surface area contributed by atoms with Crippen molar-refractivity contribution in [3.63, 3.8) is 0 Å². The van der Waals surface area contributed by atoms with Crippen LogP contribution in [0.25, 0.3) is 12.2 Å². The second-order valence-electron chi connectivity index (χ2n) is 8.02. The molecule has 0 bridgehead atoms. The van der Waals surface area contributed by atoms with E-state index in [0.717, 1.165) is 5.56 Å². The maximum absolute atomic E-state index is 12.5. The molecule has 0 heterocycles. The summed E-state index contributed by atoms with van der Waals surface area (Å²) in [6.45, 7) is 4.16. The normalized spacial score (nSPS) is 10.8. The first-order valence-electron chi connectivity index (χ1n) is 11.9. The van der Waals surface area contributed by atoms with Crippen molar-refractivity contribution < 1.29 is 28.5 Å². The summed E-state index contributed by atoms with van der Waals surface area (Å²) in [6.07, 6.45) is 5.80. The SMILES string of the molecule is C=CCNC(=O)/C(C#N)=C/c1ccc(OC(=O)/C=C/c2ccc(OCc3ccccc3)c(OC)c2)c(OC)c1. The summed E-state index contributed by atoms with van der Waals surface area (Å²) in [5.74, 6) is 0.405. The summed E-state index contributed by atoms with van der Waals surface area (Å²) < 4.78 is 22.1. The molecule has 3 aromatic carbocycles. The highest BCUT2D eigenvalue weighted by Crippen LogP contribution is 2.31. The fourth-order valence-corrected chi connectivity index (χ4v) is 3.38. The minimum atomic E-state index is -0.624. The Bertz CT molecular complexity index is 1420. The first-order valence-corrected chi connectivity index (χ1v) is 11.9. The molecule has 198 valence electrons. The lowest BCUT2D eigenvalue weighted by Crippen LogP contribution is -2.24. The third-order valence-corrected chi connectivity index (χ3v) is 5.32. The molecule has 3 rings (SSSR count). The number of ether oxygens (including phenoxy) is 4. The number of benzene rings is 3. The van der Waals surface area contributed by atoms with Gasteiger partial charge in [-0.05, 0) is 53.1 Å². The highest BCUT2D eigenvalue weighted by atomic mass is 16.6. The Morgan fingerprint density at radius 3 is 2.28 bits per heavy atom. The van der Waals surface area contributed by atoms with Crippen molar-refractivity contribution in [3.05, 3.63) is 108 Å². The molecule has 1 amide bonds. The number of nitrogens with one attached hydrogen (secondary N) is 1. The number of methoxy groups -OCH3 is 2. The highest BCUT2D eigenvalue weighted by molar-refractivity contribution is 6.01. The fourth-order valence-electron chi connectivity index (χ4n) is 3.38. The molecular formula is C31H28N2O6. The Kier molecular flexibility index (Phi) is 10.5. The molecular weight excluding hydrogens is 496 g/mol. The molecule has 0 saturated heterocycles. The second kappa shape index (κ2) is 14.4.